The summed E-state index contributed by atoms with van der Waals surface area (Å²) in [7, 11) is 0. The summed E-state index contributed by atoms with van der Waals surface area (Å²) in [5, 5.41) is 18.9. The molecule has 3 aromatic rings. The van der Waals surface area contributed by atoms with E-state index in [-0.39, 0.29) is 5.69 Å². The fourth-order valence-electron chi connectivity index (χ4n) is 2.50. The third-order valence-corrected chi connectivity index (χ3v) is 4.59. The predicted octanol–water partition coefficient (Wildman–Crippen LogP) is 4.21. The molecule has 0 amide bonds. The van der Waals surface area contributed by atoms with Gasteiger partial charge in [-0.25, -0.2) is 0 Å². The summed E-state index contributed by atoms with van der Waals surface area (Å²) in [6, 6.07) is 12.5. The van der Waals surface area contributed by atoms with E-state index in [0.717, 1.165) is 16.1 Å². The lowest BCUT2D eigenvalue weighted by molar-refractivity contribution is -0.384. The van der Waals surface area contributed by atoms with Crippen molar-refractivity contribution in [1.29, 1.82) is 5.41 Å². The Hall–Kier alpha value is -2.73. The molecule has 0 saturated heterocycles. The van der Waals surface area contributed by atoms with Gasteiger partial charge in [0.15, 0.2) is 4.80 Å². The van der Waals surface area contributed by atoms with E-state index in [1.807, 2.05) is 6.20 Å². The molecule has 1 N–H and O–H groups in total. The van der Waals surface area contributed by atoms with Gasteiger partial charge in [-0.1, -0.05) is 35.1 Å². The number of hydrogen-bond donors (Lipinski definition) is 1. The maximum Gasteiger partial charge on any atom is 0.269 e. The molecular weight excluding hydrogens is 310 g/mol. The zero-order valence-electron chi connectivity index (χ0n) is 12.7. The van der Waals surface area contributed by atoms with Gasteiger partial charge < -0.3 is 0 Å². The molecule has 6 heteroatoms. The molecule has 0 aliphatic carbocycles. The quantitative estimate of drug-likeness (QED) is 0.579. The van der Waals surface area contributed by atoms with Crippen molar-refractivity contribution in [3.8, 4) is 16.1 Å². The van der Waals surface area contributed by atoms with Gasteiger partial charge in [-0.3, -0.25) is 20.1 Å². The zero-order valence-corrected chi connectivity index (χ0v) is 13.6. The number of aromatic nitrogens is 1. The number of nitrogens with zero attached hydrogens (tertiary/aromatic N) is 2. The van der Waals surface area contributed by atoms with Gasteiger partial charge in [0, 0.05) is 24.0 Å². The van der Waals surface area contributed by atoms with Crippen LogP contribution in [-0.2, 0) is 0 Å². The molecule has 23 heavy (non-hydrogen) atoms. The second-order valence-corrected chi connectivity index (χ2v) is 6.39. The third-order valence-electron chi connectivity index (χ3n) is 3.66. The Balaban J connectivity index is 2.04. The van der Waals surface area contributed by atoms with Crippen LogP contribution in [0.4, 0.5) is 5.69 Å². The van der Waals surface area contributed by atoms with Crippen LogP contribution in [0.3, 0.4) is 0 Å². The molecule has 1 heterocycles. The van der Waals surface area contributed by atoms with Crippen LogP contribution in [0.1, 0.15) is 11.1 Å². The topological polar surface area (TPSA) is 71.9 Å². The van der Waals surface area contributed by atoms with Crippen LogP contribution in [-0.4, -0.2) is 9.49 Å². The normalized spacial score (nSPS) is 10.7. The van der Waals surface area contributed by atoms with Gasteiger partial charge in [0.1, 0.15) is 0 Å². The average Bonchev–Trinajstić information content (AvgIpc) is 2.89. The molecule has 0 spiro atoms. The SMILES string of the molecule is Cc1ccc(-c2cn(-c3ccc([N+](=O)[O-])cc3)c(=N)s2)c(C)c1. The minimum atomic E-state index is -0.426. The molecule has 0 atom stereocenters. The van der Waals surface area contributed by atoms with Gasteiger partial charge in [0.2, 0.25) is 0 Å². The first-order valence-corrected chi connectivity index (χ1v) is 7.87. The van der Waals surface area contributed by atoms with Gasteiger partial charge in [-0.05, 0) is 37.1 Å². The first kappa shape index (κ1) is 15.2. The number of nitrogens with one attached hydrogen (secondary N) is 1. The Labute approximate surface area is 137 Å². The fraction of sp³-hybridized carbons (Fsp3) is 0.118. The van der Waals surface area contributed by atoms with Crippen LogP contribution in [0.2, 0.25) is 0 Å². The molecule has 0 unspecified atom stereocenters. The van der Waals surface area contributed by atoms with E-state index in [2.05, 4.69) is 32.0 Å². The van der Waals surface area contributed by atoms with Crippen LogP contribution in [0.25, 0.3) is 16.1 Å². The lowest BCUT2D eigenvalue weighted by atomic mass is 10.1. The van der Waals surface area contributed by atoms with Crippen molar-refractivity contribution in [2.45, 2.75) is 13.8 Å². The number of benzene rings is 2. The van der Waals surface area contributed by atoms with Crippen molar-refractivity contribution in [1.82, 2.24) is 4.57 Å². The second-order valence-electron chi connectivity index (χ2n) is 5.36. The molecule has 3 rings (SSSR count). The summed E-state index contributed by atoms with van der Waals surface area (Å²) in [5.74, 6) is 0. The van der Waals surface area contributed by atoms with E-state index in [9.17, 15) is 10.1 Å². The smallest absolute Gasteiger partial charge is 0.269 e. The van der Waals surface area contributed by atoms with Crippen molar-refractivity contribution < 1.29 is 4.92 Å². The summed E-state index contributed by atoms with van der Waals surface area (Å²) in [4.78, 5) is 11.7. The summed E-state index contributed by atoms with van der Waals surface area (Å²) in [5.41, 5.74) is 4.27. The van der Waals surface area contributed by atoms with Crippen LogP contribution >= 0.6 is 11.3 Å². The maximum absolute atomic E-state index is 10.7. The van der Waals surface area contributed by atoms with E-state index in [1.165, 1.54) is 34.6 Å². The summed E-state index contributed by atoms with van der Waals surface area (Å²) in [6.45, 7) is 4.11. The second kappa shape index (κ2) is 5.81. The van der Waals surface area contributed by atoms with E-state index in [1.54, 1.807) is 16.7 Å². The predicted molar refractivity (Wildman–Crippen MR) is 91.1 cm³/mol. The van der Waals surface area contributed by atoms with Crippen molar-refractivity contribution in [3.63, 3.8) is 0 Å². The minimum absolute atomic E-state index is 0.0470. The Morgan fingerprint density at radius 1 is 1.13 bits per heavy atom. The number of rotatable bonds is 3. The Morgan fingerprint density at radius 3 is 2.43 bits per heavy atom. The van der Waals surface area contributed by atoms with Crippen LogP contribution < -0.4 is 4.80 Å². The first-order chi connectivity index (χ1) is 11.0. The summed E-state index contributed by atoms with van der Waals surface area (Å²) >= 11 is 1.39. The number of nitro benzene ring substituents is 1. The Morgan fingerprint density at radius 2 is 1.83 bits per heavy atom. The van der Waals surface area contributed by atoms with Crippen molar-refractivity contribution in [2.75, 3.05) is 0 Å². The number of non-ortho nitro benzene ring substituents is 1. The molecule has 1 aromatic heterocycles. The van der Waals surface area contributed by atoms with Gasteiger partial charge in [-0.15, -0.1) is 0 Å². The van der Waals surface area contributed by atoms with Crippen molar-refractivity contribution in [3.05, 3.63) is 74.7 Å². The third kappa shape index (κ3) is 2.93. The molecular formula is C17H15N3O2S. The summed E-state index contributed by atoms with van der Waals surface area (Å²) in [6.07, 6.45) is 1.91. The first-order valence-electron chi connectivity index (χ1n) is 7.05. The maximum atomic E-state index is 10.7. The summed E-state index contributed by atoms with van der Waals surface area (Å²) < 4.78 is 1.74. The standard InChI is InChI=1S/C17H15N3O2S/c1-11-3-8-15(12(2)9-11)16-10-19(17(18)23-16)13-4-6-14(7-5-13)20(21)22/h3-10,18H,1-2H3. The largest absolute Gasteiger partial charge is 0.292 e. The van der Waals surface area contributed by atoms with Crippen LogP contribution in [0.15, 0.2) is 48.7 Å². The minimum Gasteiger partial charge on any atom is -0.292 e. The molecule has 0 radical (unpaired) electrons. The van der Waals surface area contributed by atoms with Crippen LogP contribution in [0, 0.1) is 29.4 Å². The van der Waals surface area contributed by atoms with Gasteiger partial charge >= 0.3 is 0 Å². The number of hydrogen-bond acceptors (Lipinski definition) is 4. The molecule has 5 nitrogen and oxygen atoms in total. The molecule has 116 valence electrons. The number of nitro groups is 1. The van der Waals surface area contributed by atoms with E-state index >= 15 is 0 Å². The zero-order chi connectivity index (χ0) is 16.6. The lowest BCUT2D eigenvalue weighted by Gasteiger charge is -2.04. The molecule has 2 aromatic carbocycles. The molecule has 0 bridgehead atoms. The van der Waals surface area contributed by atoms with E-state index in [4.69, 9.17) is 5.41 Å². The van der Waals surface area contributed by atoms with E-state index < -0.39 is 4.92 Å². The number of thiazole rings is 1. The van der Waals surface area contributed by atoms with Gasteiger partial charge in [0.25, 0.3) is 5.69 Å². The van der Waals surface area contributed by atoms with Crippen molar-refractivity contribution in [2.24, 2.45) is 0 Å². The van der Waals surface area contributed by atoms with Gasteiger partial charge in [0.05, 0.1) is 9.80 Å². The van der Waals surface area contributed by atoms with Gasteiger partial charge in [-0.2, -0.15) is 0 Å². The van der Waals surface area contributed by atoms with Crippen LogP contribution in [0.5, 0.6) is 0 Å². The average molecular weight is 325 g/mol. The molecule has 0 saturated carbocycles. The monoisotopic (exact) mass is 325 g/mol. The van der Waals surface area contributed by atoms with E-state index in [0.29, 0.717) is 4.80 Å². The molecule has 0 aliphatic rings. The highest BCUT2D eigenvalue weighted by molar-refractivity contribution is 7.12. The highest BCUT2D eigenvalue weighted by atomic mass is 32.1. The van der Waals surface area contributed by atoms with Crippen molar-refractivity contribution >= 4 is 17.0 Å². The lowest BCUT2D eigenvalue weighted by Crippen LogP contribution is -2.09. The Kier molecular flexibility index (Phi) is 3.83. The molecule has 0 aliphatic heterocycles. The Bertz CT molecular complexity index is 939. The highest BCUT2D eigenvalue weighted by Gasteiger charge is 2.10. The molecule has 0 fully saturated rings. The number of aryl methyl sites for hydroxylation is 2. The fourth-order valence-corrected chi connectivity index (χ4v) is 3.46. The highest BCUT2D eigenvalue weighted by Crippen LogP contribution is 2.27.